The Bertz CT molecular complexity index is 324. The molecule has 0 aromatic heterocycles. The van der Waals surface area contributed by atoms with Crippen molar-refractivity contribution in [2.75, 3.05) is 5.32 Å². The minimum absolute atomic E-state index is 0.312. The standard InChI is InChI=1S/C14H21NO2/c1-2-3-4-8-11-13(16)14(17)15-12-9-6-5-7-10-12/h5-7,9-10,13,16H,2-4,8,11H2,1H3,(H,15,17). The number of carbonyl (C=O) groups excluding carboxylic acids is 1. The molecule has 0 aliphatic heterocycles. The Morgan fingerprint density at radius 3 is 2.59 bits per heavy atom. The summed E-state index contributed by atoms with van der Waals surface area (Å²) >= 11 is 0. The lowest BCUT2D eigenvalue weighted by molar-refractivity contribution is -0.124. The van der Waals surface area contributed by atoms with Gasteiger partial charge in [-0.15, -0.1) is 0 Å². The van der Waals surface area contributed by atoms with Crippen molar-refractivity contribution in [3.8, 4) is 0 Å². The molecule has 3 nitrogen and oxygen atoms in total. The molecule has 0 spiro atoms. The number of para-hydroxylation sites is 1. The minimum atomic E-state index is -0.896. The molecule has 0 aliphatic carbocycles. The van der Waals surface area contributed by atoms with Crippen molar-refractivity contribution in [2.45, 2.75) is 45.1 Å². The van der Waals surface area contributed by atoms with E-state index in [1.165, 1.54) is 0 Å². The Morgan fingerprint density at radius 2 is 1.94 bits per heavy atom. The van der Waals surface area contributed by atoms with Crippen LogP contribution in [0.1, 0.15) is 39.0 Å². The van der Waals surface area contributed by atoms with Crippen molar-refractivity contribution in [2.24, 2.45) is 0 Å². The lowest BCUT2D eigenvalue weighted by Crippen LogP contribution is -2.27. The first-order valence-corrected chi connectivity index (χ1v) is 6.28. The fourth-order valence-corrected chi connectivity index (χ4v) is 1.64. The Balaban J connectivity index is 2.27. The van der Waals surface area contributed by atoms with Crippen LogP contribution < -0.4 is 5.32 Å². The zero-order chi connectivity index (χ0) is 12.5. The van der Waals surface area contributed by atoms with E-state index in [2.05, 4.69) is 12.2 Å². The van der Waals surface area contributed by atoms with Crippen LogP contribution in [0.2, 0.25) is 0 Å². The SMILES string of the molecule is CCCCCCC(O)C(=O)Nc1ccccc1. The molecule has 0 saturated heterocycles. The van der Waals surface area contributed by atoms with Gasteiger partial charge < -0.3 is 10.4 Å². The highest BCUT2D eigenvalue weighted by Gasteiger charge is 2.14. The van der Waals surface area contributed by atoms with Crippen LogP contribution in [-0.4, -0.2) is 17.1 Å². The average Bonchev–Trinajstić information content (AvgIpc) is 2.35. The topological polar surface area (TPSA) is 49.3 Å². The van der Waals surface area contributed by atoms with Gasteiger partial charge in [-0.2, -0.15) is 0 Å². The highest BCUT2D eigenvalue weighted by Crippen LogP contribution is 2.09. The second-order valence-corrected chi connectivity index (χ2v) is 4.22. The zero-order valence-electron chi connectivity index (χ0n) is 10.4. The first-order valence-electron chi connectivity index (χ1n) is 6.28. The predicted octanol–water partition coefficient (Wildman–Crippen LogP) is 2.96. The summed E-state index contributed by atoms with van der Waals surface area (Å²) in [6.45, 7) is 2.14. The summed E-state index contributed by atoms with van der Waals surface area (Å²) in [5.41, 5.74) is 0.727. The third kappa shape index (κ3) is 5.50. The van der Waals surface area contributed by atoms with Crippen LogP contribution in [0.3, 0.4) is 0 Å². The number of benzene rings is 1. The van der Waals surface area contributed by atoms with Crippen molar-refractivity contribution in [3.05, 3.63) is 30.3 Å². The van der Waals surface area contributed by atoms with Crippen LogP contribution in [0, 0.1) is 0 Å². The fourth-order valence-electron chi connectivity index (χ4n) is 1.64. The van der Waals surface area contributed by atoms with Crippen molar-refractivity contribution in [1.29, 1.82) is 0 Å². The number of anilines is 1. The van der Waals surface area contributed by atoms with E-state index >= 15 is 0 Å². The first kappa shape index (κ1) is 13.7. The van der Waals surface area contributed by atoms with Crippen LogP contribution in [-0.2, 0) is 4.79 Å². The molecule has 94 valence electrons. The largest absolute Gasteiger partial charge is 0.383 e. The van der Waals surface area contributed by atoms with Gasteiger partial charge in [0, 0.05) is 5.69 Å². The van der Waals surface area contributed by atoms with Gasteiger partial charge in [0.2, 0.25) is 0 Å². The number of carbonyl (C=O) groups is 1. The molecule has 0 bridgehead atoms. The van der Waals surface area contributed by atoms with Crippen LogP contribution in [0.5, 0.6) is 0 Å². The molecule has 0 aliphatic rings. The number of hydrogen-bond acceptors (Lipinski definition) is 2. The highest BCUT2D eigenvalue weighted by molar-refractivity contribution is 5.93. The molecule has 2 N–H and O–H groups in total. The third-order valence-electron chi connectivity index (χ3n) is 2.68. The molecule has 1 amide bonds. The number of rotatable bonds is 7. The van der Waals surface area contributed by atoms with Crippen LogP contribution in [0.15, 0.2) is 30.3 Å². The van der Waals surface area contributed by atoms with Crippen LogP contribution >= 0.6 is 0 Å². The van der Waals surface area contributed by atoms with E-state index in [0.717, 1.165) is 31.4 Å². The van der Waals surface area contributed by atoms with Gasteiger partial charge in [-0.25, -0.2) is 0 Å². The summed E-state index contributed by atoms with van der Waals surface area (Å²) in [5.74, 6) is -0.312. The summed E-state index contributed by atoms with van der Waals surface area (Å²) in [6.07, 6.45) is 3.94. The maximum Gasteiger partial charge on any atom is 0.253 e. The van der Waals surface area contributed by atoms with Gasteiger partial charge in [0.25, 0.3) is 5.91 Å². The van der Waals surface area contributed by atoms with E-state index in [1.807, 2.05) is 30.3 Å². The summed E-state index contributed by atoms with van der Waals surface area (Å²) in [5, 5.41) is 12.4. The van der Waals surface area contributed by atoms with Crippen LogP contribution in [0.4, 0.5) is 5.69 Å². The molecule has 0 radical (unpaired) electrons. The zero-order valence-corrected chi connectivity index (χ0v) is 10.4. The number of hydrogen-bond donors (Lipinski definition) is 2. The normalized spacial score (nSPS) is 12.1. The highest BCUT2D eigenvalue weighted by atomic mass is 16.3. The monoisotopic (exact) mass is 235 g/mol. The molecule has 0 heterocycles. The quantitative estimate of drug-likeness (QED) is 0.714. The first-order chi connectivity index (χ1) is 8.24. The Labute approximate surface area is 103 Å². The third-order valence-corrected chi connectivity index (χ3v) is 2.68. The van der Waals surface area contributed by atoms with E-state index < -0.39 is 6.10 Å². The molecular formula is C14H21NO2. The lowest BCUT2D eigenvalue weighted by Gasteiger charge is -2.11. The molecule has 1 aromatic rings. The van der Waals surface area contributed by atoms with E-state index in [0.29, 0.717) is 6.42 Å². The molecule has 17 heavy (non-hydrogen) atoms. The van der Waals surface area contributed by atoms with Crippen molar-refractivity contribution >= 4 is 11.6 Å². The second kappa shape index (κ2) is 7.85. The van der Waals surface area contributed by atoms with Crippen molar-refractivity contribution in [1.82, 2.24) is 0 Å². The maximum absolute atomic E-state index is 11.6. The molecule has 1 unspecified atom stereocenters. The molecular weight excluding hydrogens is 214 g/mol. The van der Waals surface area contributed by atoms with Crippen molar-refractivity contribution < 1.29 is 9.90 Å². The Hall–Kier alpha value is -1.35. The predicted molar refractivity (Wildman–Crippen MR) is 69.8 cm³/mol. The molecule has 1 atom stereocenters. The second-order valence-electron chi connectivity index (χ2n) is 4.22. The molecule has 1 rings (SSSR count). The molecule has 3 heteroatoms. The van der Waals surface area contributed by atoms with Gasteiger partial charge in [-0.05, 0) is 18.6 Å². The number of aliphatic hydroxyl groups is 1. The average molecular weight is 235 g/mol. The smallest absolute Gasteiger partial charge is 0.253 e. The maximum atomic E-state index is 11.6. The van der Waals surface area contributed by atoms with Gasteiger partial charge in [0.1, 0.15) is 6.10 Å². The molecule has 0 fully saturated rings. The minimum Gasteiger partial charge on any atom is -0.383 e. The summed E-state index contributed by atoms with van der Waals surface area (Å²) < 4.78 is 0. The molecule has 1 aromatic carbocycles. The van der Waals surface area contributed by atoms with Gasteiger partial charge in [-0.1, -0.05) is 50.8 Å². The van der Waals surface area contributed by atoms with Gasteiger partial charge in [0.15, 0.2) is 0 Å². The van der Waals surface area contributed by atoms with Gasteiger partial charge in [0.05, 0.1) is 0 Å². The van der Waals surface area contributed by atoms with E-state index in [4.69, 9.17) is 0 Å². The number of unbranched alkanes of at least 4 members (excludes halogenated alkanes) is 3. The fraction of sp³-hybridized carbons (Fsp3) is 0.500. The Kier molecular flexibility index (Phi) is 6.33. The number of nitrogens with one attached hydrogen (secondary N) is 1. The molecule has 0 saturated carbocycles. The number of aliphatic hydroxyl groups excluding tert-OH is 1. The summed E-state index contributed by atoms with van der Waals surface area (Å²) in [6, 6.07) is 9.20. The van der Waals surface area contributed by atoms with Crippen LogP contribution in [0.25, 0.3) is 0 Å². The van der Waals surface area contributed by atoms with Gasteiger partial charge >= 0.3 is 0 Å². The lowest BCUT2D eigenvalue weighted by atomic mass is 10.1. The van der Waals surface area contributed by atoms with E-state index in [9.17, 15) is 9.90 Å². The van der Waals surface area contributed by atoms with Gasteiger partial charge in [-0.3, -0.25) is 4.79 Å². The Morgan fingerprint density at radius 1 is 1.24 bits per heavy atom. The van der Waals surface area contributed by atoms with E-state index in [-0.39, 0.29) is 5.91 Å². The summed E-state index contributed by atoms with van der Waals surface area (Å²) in [4.78, 5) is 11.6. The van der Waals surface area contributed by atoms with E-state index in [1.54, 1.807) is 0 Å². The van der Waals surface area contributed by atoms with Crippen molar-refractivity contribution in [3.63, 3.8) is 0 Å². The summed E-state index contributed by atoms with van der Waals surface area (Å²) in [7, 11) is 0. The number of amides is 1.